The van der Waals surface area contributed by atoms with E-state index in [1.807, 2.05) is 49.4 Å². The van der Waals surface area contributed by atoms with Crippen molar-refractivity contribution in [2.45, 2.75) is 26.2 Å². The molecule has 120 valence electrons. The zero-order chi connectivity index (χ0) is 16.2. The van der Waals surface area contributed by atoms with Gasteiger partial charge >= 0.3 is 0 Å². The second kappa shape index (κ2) is 7.15. The molecule has 0 saturated heterocycles. The molecule has 1 N–H and O–H groups in total. The molecule has 0 aliphatic carbocycles. The standard InChI is InChI=1S/C18H18BrNO3/c1-2-20-15-10-14(19)8-7-12(15)9-16(21)18-22-11-13-5-3-4-6-17(13)23-18/h3-8,10,18,20H,2,9,11H2,1H3. The van der Waals surface area contributed by atoms with Crippen molar-refractivity contribution in [2.75, 3.05) is 11.9 Å². The van der Waals surface area contributed by atoms with Gasteiger partial charge in [-0.2, -0.15) is 0 Å². The smallest absolute Gasteiger partial charge is 0.260 e. The molecule has 2 aromatic rings. The minimum absolute atomic E-state index is 0.0824. The van der Waals surface area contributed by atoms with E-state index in [2.05, 4.69) is 21.2 Å². The van der Waals surface area contributed by atoms with Crippen molar-refractivity contribution in [2.24, 2.45) is 0 Å². The van der Waals surface area contributed by atoms with E-state index in [0.717, 1.165) is 33.6 Å². The Balaban J connectivity index is 1.73. The highest BCUT2D eigenvalue weighted by Gasteiger charge is 2.27. The average molecular weight is 376 g/mol. The molecule has 3 rings (SSSR count). The number of ketones is 1. The van der Waals surface area contributed by atoms with Crippen molar-refractivity contribution in [1.29, 1.82) is 0 Å². The lowest BCUT2D eigenvalue weighted by atomic mass is 10.1. The van der Waals surface area contributed by atoms with E-state index < -0.39 is 6.29 Å². The number of rotatable bonds is 5. The van der Waals surface area contributed by atoms with Crippen molar-refractivity contribution in [3.8, 4) is 5.75 Å². The highest BCUT2D eigenvalue weighted by Crippen LogP contribution is 2.27. The Kier molecular flexibility index (Phi) is 4.98. The summed E-state index contributed by atoms with van der Waals surface area (Å²) >= 11 is 3.45. The van der Waals surface area contributed by atoms with E-state index in [4.69, 9.17) is 9.47 Å². The Morgan fingerprint density at radius 1 is 1.30 bits per heavy atom. The van der Waals surface area contributed by atoms with E-state index in [9.17, 15) is 4.79 Å². The zero-order valence-electron chi connectivity index (χ0n) is 12.8. The zero-order valence-corrected chi connectivity index (χ0v) is 14.4. The molecule has 1 aliphatic heterocycles. The van der Waals surface area contributed by atoms with Gasteiger partial charge in [0.15, 0.2) is 0 Å². The number of halogens is 1. The fraction of sp³-hybridized carbons (Fsp3) is 0.278. The fourth-order valence-electron chi connectivity index (χ4n) is 2.54. The van der Waals surface area contributed by atoms with Gasteiger partial charge < -0.3 is 14.8 Å². The normalized spacial score (nSPS) is 16.3. The van der Waals surface area contributed by atoms with Crippen molar-refractivity contribution < 1.29 is 14.3 Å². The van der Waals surface area contributed by atoms with Crippen LogP contribution in [-0.4, -0.2) is 18.6 Å². The maximum Gasteiger partial charge on any atom is 0.260 e. The topological polar surface area (TPSA) is 47.6 Å². The number of Topliss-reactive ketones (excluding diaryl/α,β-unsaturated/α-hetero) is 1. The van der Waals surface area contributed by atoms with Gasteiger partial charge in [0.1, 0.15) is 5.75 Å². The monoisotopic (exact) mass is 375 g/mol. The minimum Gasteiger partial charge on any atom is -0.457 e. The molecule has 1 heterocycles. The van der Waals surface area contributed by atoms with Gasteiger partial charge in [-0.1, -0.05) is 40.2 Å². The number of fused-ring (bicyclic) bond motifs is 1. The second-order valence-corrected chi connectivity index (χ2v) is 6.26. The van der Waals surface area contributed by atoms with Crippen LogP contribution < -0.4 is 10.1 Å². The van der Waals surface area contributed by atoms with Gasteiger partial charge in [0.2, 0.25) is 5.78 Å². The number of nitrogens with one attached hydrogen (secondary N) is 1. The molecule has 0 saturated carbocycles. The molecule has 1 aliphatic rings. The van der Waals surface area contributed by atoms with E-state index >= 15 is 0 Å². The van der Waals surface area contributed by atoms with Gasteiger partial charge in [-0.15, -0.1) is 0 Å². The van der Waals surface area contributed by atoms with Crippen LogP contribution in [-0.2, 0) is 22.6 Å². The maximum absolute atomic E-state index is 12.5. The van der Waals surface area contributed by atoms with Crippen LogP contribution in [0.15, 0.2) is 46.9 Å². The number of para-hydroxylation sites is 1. The number of hydrogen-bond donors (Lipinski definition) is 1. The van der Waals surface area contributed by atoms with E-state index in [1.165, 1.54) is 0 Å². The van der Waals surface area contributed by atoms with Crippen LogP contribution >= 0.6 is 15.9 Å². The van der Waals surface area contributed by atoms with Crippen LogP contribution in [0.4, 0.5) is 5.69 Å². The average Bonchev–Trinajstić information content (AvgIpc) is 2.57. The van der Waals surface area contributed by atoms with Gasteiger partial charge in [0.05, 0.1) is 6.61 Å². The number of ether oxygens (including phenoxy) is 2. The van der Waals surface area contributed by atoms with Crippen LogP contribution in [0.1, 0.15) is 18.1 Å². The summed E-state index contributed by atoms with van der Waals surface area (Å²) < 4.78 is 12.2. The van der Waals surface area contributed by atoms with Crippen molar-refractivity contribution >= 4 is 27.4 Å². The van der Waals surface area contributed by atoms with Crippen LogP contribution in [0.5, 0.6) is 5.75 Å². The first-order valence-electron chi connectivity index (χ1n) is 7.58. The highest BCUT2D eigenvalue weighted by molar-refractivity contribution is 9.10. The predicted octanol–water partition coefficient (Wildman–Crippen LogP) is 3.93. The van der Waals surface area contributed by atoms with E-state index in [1.54, 1.807) is 0 Å². The van der Waals surface area contributed by atoms with Gasteiger partial charge in [0, 0.05) is 28.7 Å². The lowest BCUT2D eigenvalue weighted by Gasteiger charge is -2.25. The summed E-state index contributed by atoms with van der Waals surface area (Å²) in [5.41, 5.74) is 2.85. The third-order valence-electron chi connectivity index (χ3n) is 3.66. The molecule has 0 radical (unpaired) electrons. The minimum atomic E-state index is -0.844. The second-order valence-electron chi connectivity index (χ2n) is 5.34. The number of anilines is 1. The van der Waals surface area contributed by atoms with Crippen LogP contribution in [0.25, 0.3) is 0 Å². The Hall–Kier alpha value is -1.85. The van der Waals surface area contributed by atoms with Crippen LogP contribution in [0.2, 0.25) is 0 Å². The number of carbonyl (C=O) groups is 1. The predicted molar refractivity (Wildman–Crippen MR) is 92.7 cm³/mol. The molecule has 0 aromatic heterocycles. The molecule has 0 bridgehead atoms. The third kappa shape index (κ3) is 3.74. The molecular formula is C18H18BrNO3. The van der Waals surface area contributed by atoms with Crippen LogP contribution in [0, 0.1) is 0 Å². The molecule has 0 amide bonds. The molecule has 23 heavy (non-hydrogen) atoms. The first-order valence-corrected chi connectivity index (χ1v) is 8.38. The van der Waals surface area contributed by atoms with E-state index in [-0.39, 0.29) is 12.2 Å². The van der Waals surface area contributed by atoms with Gasteiger partial charge in [-0.3, -0.25) is 4.79 Å². The van der Waals surface area contributed by atoms with Gasteiger partial charge in [-0.05, 0) is 30.7 Å². The first kappa shape index (κ1) is 16.0. The molecule has 5 heteroatoms. The Bertz CT molecular complexity index is 717. The summed E-state index contributed by atoms with van der Waals surface area (Å²) in [6, 6.07) is 13.5. The summed E-state index contributed by atoms with van der Waals surface area (Å²) in [5, 5.41) is 3.28. The summed E-state index contributed by atoms with van der Waals surface area (Å²) in [5.74, 6) is 0.640. The van der Waals surface area contributed by atoms with Crippen molar-refractivity contribution in [3.05, 3.63) is 58.1 Å². The van der Waals surface area contributed by atoms with Crippen molar-refractivity contribution in [3.63, 3.8) is 0 Å². The molecule has 0 fully saturated rings. The molecule has 4 nitrogen and oxygen atoms in total. The lowest BCUT2D eigenvalue weighted by molar-refractivity contribution is -0.156. The first-order chi connectivity index (χ1) is 11.2. The maximum atomic E-state index is 12.5. The molecular weight excluding hydrogens is 358 g/mol. The quantitative estimate of drug-likeness (QED) is 0.859. The molecule has 0 spiro atoms. The number of hydrogen-bond acceptors (Lipinski definition) is 4. The largest absolute Gasteiger partial charge is 0.457 e. The molecule has 2 aromatic carbocycles. The summed E-state index contributed by atoms with van der Waals surface area (Å²) in [6.07, 6.45) is -0.578. The van der Waals surface area contributed by atoms with Gasteiger partial charge in [-0.25, -0.2) is 0 Å². The summed E-state index contributed by atoms with van der Waals surface area (Å²) in [7, 11) is 0. The summed E-state index contributed by atoms with van der Waals surface area (Å²) in [6.45, 7) is 3.21. The Morgan fingerprint density at radius 2 is 2.13 bits per heavy atom. The third-order valence-corrected chi connectivity index (χ3v) is 4.16. The molecule has 1 atom stereocenters. The van der Waals surface area contributed by atoms with Crippen LogP contribution in [0.3, 0.4) is 0 Å². The Morgan fingerprint density at radius 3 is 2.96 bits per heavy atom. The SMILES string of the molecule is CCNc1cc(Br)ccc1CC(=O)C1OCc2ccccc2O1. The number of benzene rings is 2. The van der Waals surface area contributed by atoms with E-state index in [0.29, 0.717) is 6.61 Å². The Labute approximate surface area is 143 Å². The lowest BCUT2D eigenvalue weighted by Crippen LogP contribution is -2.34. The highest BCUT2D eigenvalue weighted by atomic mass is 79.9. The fourth-order valence-corrected chi connectivity index (χ4v) is 2.90. The van der Waals surface area contributed by atoms with Gasteiger partial charge in [0.25, 0.3) is 6.29 Å². The number of carbonyl (C=O) groups excluding carboxylic acids is 1. The van der Waals surface area contributed by atoms with Crippen molar-refractivity contribution in [1.82, 2.24) is 0 Å². The summed E-state index contributed by atoms with van der Waals surface area (Å²) in [4.78, 5) is 12.5. The molecule has 1 unspecified atom stereocenters.